The number of aliphatic hydroxyl groups is 1. The van der Waals surface area contributed by atoms with Crippen molar-refractivity contribution < 1.29 is 19.3 Å². The maximum absolute atomic E-state index is 10.3. The van der Waals surface area contributed by atoms with E-state index in [-0.39, 0.29) is 6.10 Å². The lowest BCUT2D eigenvalue weighted by Crippen LogP contribution is -2.37. The zero-order valence-electron chi connectivity index (χ0n) is 20.9. The van der Waals surface area contributed by atoms with Gasteiger partial charge in [0.15, 0.2) is 11.6 Å². The normalized spacial score (nSPS) is 24.5. The van der Waals surface area contributed by atoms with Crippen LogP contribution in [0, 0.1) is 5.92 Å². The molecule has 1 aliphatic heterocycles. The van der Waals surface area contributed by atoms with Gasteiger partial charge in [-0.3, -0.25) is 0 Å². The molecule has 2 N–H and O–H groups in total. The van der Waals surface area contributed by atoms with E-state index in [0.29, 0.717) is 36.9 Å². The van der Waals surface area contributed by atoms with E-state index in [1.54, 1.807) is 17.1 Å². The Bertz CT molecular complexity index is 1160. The summed E-state index contributed by atoms with van der Waals surface area (Å²) in [6.07, 6.45) is 7.39. The minimum Gasteiger partial charge on any atom is -0.490 e. The summed E-state index contributed by atoms with van der Waals surface area (Å²) in [5.41, 5.74) is 0.279. The molecule has 3 aromatic rings. The second-order valence-corrected chi connectivity index (χ2v) is 10.6. The summed E-state index contributed by atoms with van der Waals surface area (Å²) < 4.78 is 19.4. The van der Waals surface area contributed by atoms with E-state index in [2.05, 4.69) is 15.4 Å². The van der Waals surface area contributed by atoms with Crippen molar-refractivity contribution in [2.75, 3.05) is 18.5 Å². The molecule has 2 fully saturated rings. The van der Waals surface area contributed by atoms with Crippen LogP contribution in [0.5, 0.6) is 5.75 Å². The third-order valence-electron chi connectivity index (χ3n) is 6.98. The molecule has 5 rings (SSSR count). The Morgan fingerprint density at radius 1 is 1.20 bits per heavy atom. The van der Waals surface area contributed by atoms with E-state index >= 15 is 0 Å². The molecule has 1 aromatic carbocycles. The molecule has 0 spiro atoms. The Morgan fingerprint density at radius 3 is 2.71 bits per heavy atom. The van der Waals surface area contributed by atoms with Crippen molar-refractivity contribution in [3.05, 3.63) is 36.7 Å². The number of fused-ring (bicyclic) bond motifs is 1. The van der Waals surface area contributed by atoms with Crippen LogP contribution in [-0.2, 0) is 9.47 Å². The number of rotatable bonds is 7. The molecule has 1 atom stereocenters. The topological polar surface area (TPSA) is 104 Å². The third kappa shape index (κ3) is 5.42. The molecule has 9 nitrogen and oxygen atoms in total. The quantitative estimate of drug-likeness (QED) is 0.520. The van der Waals surface area contributed by atoms with E-state index in [9.17, 15) is 5.11 Å². The van der Waals surface area contributed by atoms with Gasteiger partial charge in [0.1, 0.15) is 18.5 Å². The van der Waals surface area contributed by atoms with E-state index in [0.717, 1.165) is 42.3 Å². The first-order valence-electron chi connectivity index (χ1n) is 12.4. The second-order valence-electron chi connectivity index (χ2n) is 10.6. The fraction of sp³-hybridized carbons (Fsp3) is 0.577. The highest BCUT2D eigenvalue weighted by molar-refractivity contribution is 5.86. The summed E-state index contributed by atoms with van der Waals surface area (Å²) >= 11 is 0. The number of benzene rings is 1. The van der Waals surface area contributed by atoms with Crippen LogP contribution >= 0.6 is 0 Å². The number of hydrogen-bond acceptors (Lipinski definition) is 8. The van der Waals surface area contributed by atoms with Gasteiger partial charge in [-0.2, -0.15) is 10.1 Å². The molecule has 1 aliphatic carbocycles. The standard InChI is InChI=1S/C26H35N5O4/c1-25(2,32)17-8-10-18(11-9-17)29-24-27-13-12-23(30-24)31-21-6-5-7-22(20(21)14-28-31)33-15-19-16-34-26(3,4)35-19/h5-7,12-14,17-19,32H,8-11,15-16H2,1-4H3,(H,27,29,30)/t17-,18-,19-/m1/s1. The molecular formula is C26H35N5O4. The van der Waals surface area contributed by atoms with Crippen molar-refractivity contribution in [2.45, 2.75) is 76.9 Å². The molecule has 0 unspecified atom stereocenters. The van der Waals surface area contributed by atoms with Gasteiger partial charge in [0.05, 0.1) is 29.3 Å². The van der Waals surface area contributed by atoms with Crippen molar-refractivity contribution in [1.82, 2.24) is 19.7 Å². The molecule has 3 heterocycles. The van der Waals surface area contributed by atoms with Gasteiger partial charge >= 0.3 is 0 Å². The molecular weight excluding hydrogens is 446 g/mol. The van der Waals surface area contributed by atoms with Crippen molar-refractivity contribution in [3.63, 3.8) is 0 Å². The molecule has 0 radical (unpaired) electrons. The molecule has 2 aliphatic rings. The van der Waals surface area contributed by atoms with Gasteiger partial charge < -0.3 is 24.6 Å². The van der Waals surface area contributed by atoms with Gasteiger partial charge in [-0.25, -0.2) is 9.67 Å². The molecule has 1 saturated heterocycles. The summed E-state index contributed by atoms with van der Waals surface area (Å²) in [4.78, 5) is 9.16. The summed E-state index contributed by atoms with van der Waals surface area (Å²) in [6.45, 7) is 8.54. The highest BCUT2D eigenvalue weighted by atomic mass is 16.7. The van der Waals surface area contributed by atoms with Gasteiger partial charge in [-0.15, -0.1) is 0 Å². The Kier molecular flexibility index (Phi) is 6.41. The maximum Gasteiger partial charge on any atom is 0.224 e. The Labute approximate surface area is 205 Å². The van der Waals surface area contributed by atoms with E-state index in [1.165, 1.54) is 0 Å². The zero-order chi connectivity index (χ0) is 24.6. The van der Waals surface area contributed by atoms with Gasteiger partial charge in [-0.1, -0.05) is 6.07 Å². The first-order chi connectivity index (χ1) is 16.7. The van der Waals surface area contributed by atoms with Gasteiger partial charge in [0.25, 0.3) is 0 Å². The van der Waals surface area contributed by atoms with Gasteiger partial charge in [-0.05, 0) is 71.4 Å². The fourth-order valence-electron chi connectivity index (χ4n) is 5.02. The number of hydrogen-bond donors (Lipinski definition) is 2. The minimum atomic E-state index is -0.625. The monoisotopic (exact) mass is 481 g/mol. The smallest absolute Gasteiger partial charge is 0.224 e. The van der Waals surface area contributed by atoms with Crippen LogP contribution < -0.4 is 10.1 Å². The molecule has 35 heavy (non-hydrogen) atoms. The third-order valence-corrected chi connectivity index (χ3v) is 6.98. The van der Waals surface area contributed by atoms with Crippen molar-refractivity contribution in [3.8, 4) is 11.6 Å². The van der Waals surface area contributed by atoms with Crippen molar-refractivity contribution >= 4 is 16.9 Å². The minimum absolute atomic E-state index is 0.107. The Balaban J connectivity index is 1.28. The number of aromatic nitrogens is 4. The Morgan fingerprint density at radius 2 is 2.00 bits per heavy atom. The lowest BCUT2D eigenvalue weighted by molar-refractivity contribution is -0.141. The fourth-order valence-corrected chi connectivity index (χ4v) is 5.02. The van der Waals surface area contributed by atoms with E-state index < -0.39 is 11.4 Å². The molecule has 9 heteroatoms. The number of nitrogens with one attached hydrogen (secondary N) is 1. The molecule has 2 aromatic heterocycles. The first kappa shape index (κ1) is 24.0. The van der Waals surface area contributed by atoms with Crippen LogP contribution in [0.1, 0.15) is 53.4 Å². The van der Waals surface area contributed by atoms with Crippen LogP contribution in [0.3, 0.4) is 0 Å². The Hall–Kier alpha value is -2.75. The van der Waals surface area contributed by atoms with Gasteiger partial charge in [0, 0.05) is 18.3 Å². The average Bonchev–Trinajstić information content (AvgIpc) is 3.41. The summed E-state index contributed by atoms with van der Waals surface area (Å²) in [5.74, 6) is 1.79. The number of nitrogens with zero attached hydrogens (tertiary/aromatic N) is 4. The largest absolute Gasteiger partial charge is 0.490 e. The lowest BCUT2D eigenvalue weighted by atomic mass is 9.77. The highest BCUT2D eigenvalue weighted by Crippen LogP contribution is 2.33. The van der Waals surface area contributed by atoms with Crippen LogP contribution in [0.15, 0.2) is 36.7 Å². The number of ether oxygens (including phenoxy) is 3. The highest BCUT2D eigenvalue weighted by Gasteiger charge is 2.33. The molecule has 1 saturated carbocycles. The first-order valence-corrected chi connectivity index (χ1v) is 12.4. The second kappa shape index (κ2) is 9.37. The predicted molar refractivity (Wildman–Crippen MR) is 133 cm³/mol. The molecule has 0 amide bonds. The number of anilines is 1. The van der Waals surface area contributed by atoms with Crippen LogP contribution in [-0.4, -0.2) is 61.6 Å². The maximum atomic E-state index is 10.3. The molecule has 0 bridgehead atoms. The van der Waals surface area contributed by atoms with E-state index in [4.69, 9.17) is 19.2 Å². The molecule has 188 valence electrons. The average molecular weight is 482 g/mol. The summed E-state index contributed by atoms with van der Waals surface area (Å²) in [5, 5.41) is 19.3. The zero-order valence-corrected chi connectivity index (χ0v) is 20.9. The predicted octanol–water partition coefficient (Wildman–Crippen LogP) is 4.09. The summed E-state index contributed by atoms with van der Waals surface area (Å²) in [7, 11) is 0. The van der Waals surface area contributed by atoms with Crippen molar-refractivity contribution in [2.24, 2.45) is 5.92 Å². The van der Waals surface area contributed by atoms with Gasteiger partial charge in [0.2, 0.25) is 5.95 Å². The SMILES string of the molecule is CC1(C)OC[C@@H](COc2cccc3c2cnn3-c2ccnc(N[C@H]3CC[C@H](C(C)(C)O)CC3)n2)O1. The van der Waals surface area contributed by atoms with Crippen molar-refractivity contribution in [1.29, 1.82) is 0 Å². The van der Waals surface area contributed by atoms with Crippen LogP contribution in [0.25, 0.3) is 16.7 Å². The van der Waals surface area contributed by atoms with Crippen LogP contribution in [0.4, 0.5) is 5.95 Å². The lowest BCUT2D eigenvalue weighted by Gasteiger charge is -2.36. The van der Waals surface area contributed by atoms with E-state index in [1.807, 2.05) is 52.0 Å². The van der Waals surface area contributed by atoms with Crippen LogP contribution in [0.2, 0.25) is 0 Å². The summed E-state index contributed by atoms with van der Waals surface area (Å²) in [6, 6.07) is 8.03.